The van der Waals surface area contributed by atoms with Crippen molar-refractivity contribution in [2.75, 3.05) is 0 Å². The van der Waals surface area contributed by atoms with E-state index in [0.29, 0.717) is 16.2 Å². The summed E-state index contributed by atoms with van der Waals surface area (Å²) < 4.78 is 17.2. The first-order valence-corrected chi connectivity index (χ1v) is 3.21. The Morgan fingerprint density at radius 1 is 1.25 bits per heavy atom. The van der Waals surface area contributed by atoms with Crippen LogP contribution in [0.25, 0.3) is 0 Å². The fraction of sp³-hybridized carbons (Fsp3) is 0. The van der Waals surface area contributed by atoms with Crippen LogP contribution in [0.15, 0.2) is 0 Å². The Balaban J connectivity index is -0.0000000286. The zero-order valence-electron chi connectivity index (χ0n) is 5.31. The molecule has 3 N–H and O–H groups in total. The van der Waals surface area contributed by atoms with Gasteiger partial charge >= 0.3 is 79.2 Å². The number of hydrogen-bond acceptors (Lipinski definition) is 2. The SMILES string of the molecule is O=P(O)(O)O.[H-].[K+].[O]=[AlH]. The molecule has 0 bridgehead atoms. The van der Waals surface area contributed by atoms with Crippen molar-refractivity contribution >= 4 is 24.0 Å². The van der Waals surface area contributed by atoms with Gasteiger partial charge in [0.25, 0.3) is 0 Å². The molecule has 8 heteroatoms. The normalized spacial score (nSPS) is 7.75. The topological polar surface area (TPSA) is 94.8 Å². The molecule has 0 saturated carbocycles. The average Bonchev–Trinajstić information content (AvgIpc) is 1.36. The van der Waals surface area contributed by atoms with Crippen LogP contribution >= 0.6 is 7.82 Å². The molecule has 0 aromatic heterocycles. The first-order valence-electron chi connectivity index (χ1n) is 1.07. The maximum atomic E-state index is 8.88. The van der Waals surface area contributed by atoms with Crippen LogP contribution in [0.3, 0.4) is 0 Å². The Kier molecular flexibility index (Phi) is 18.8. The van der Waals surface area contributed by atoms with Crippen LogP contribution in [-0.4, -0.2) is 30.9 Å². The number of phosphoric acid groups is 1. The van der Waals surface area contributed by atoms with Gasteiger partial charge in [-0.05, 0) is 0 Å². The molecule has 0 radical (unpaired) electrons. The molecule has 0 aliphatic heterocycles. The van der Waals surface area contributed by atoms with E-state index >= 15 is 0 Å². The summed E-state index contributed by atoms with van der Waals surface area (Å²) in [5.41, 5.74) is 0. The molecular formula is H5AlKO5P. The third kappa shape index (κ3) is 93.7. The van der Waals surface area contributed by atoms with E-state index in [1.807, 2.05) is 0 Å². The fourth-order valence-corrected chi connectivity index (χ4v) is 0. The second kappa shape index (κ2) is 9.08. The van der Waals surface area contributed by atoms with E-state index in [9.17, 15) is 0 Å². The van der Waals surface area contributed by atoms with E-state index in [-0.39, 0.29) is 52.8 Å². The summed E-state index contributed by atoms with van der Waals surface area (Å²) in [6, 6.07) is 0. The van der Waals surface area contributed by atoms with Crippen molar-refractivity contribution in [2.45, 2.75) is 0 Å². The summed E-state index contributed by atoms with van der Waals surface area (Å²) in [6.07, 6.45) is 0. The van der Waals surface area contributed by atoms with E-state index in [1.165, 1.54) is 0 Å². The van der Waals surface area contributed by atoms with Crippen molar-refractivity contribution < 1.29 is 75.9 Å². The van der Waals surface area contributed by atoms with Gasteiger partial charge in [-0.1, -0.05) is 0 Å². The van der Waals surface area contributed by atoms with Crippen LogP contribution in [0.2, 0.25) is 0 Å². The second-order valence-corrected chi connectivity index (χ2v) is 1.54. The van der Waals surface area contributed by atoms with Crippen LogP contribution in [0, 0.1) is 0 Å². The molecule has 0 amide bonds. The predicted octanol–water partition coefficient (Wildman–Crippen LogP) is -4.58. The van der Waals surface area contributed by atoms with Crippen LogP contribution < -0.4 is 51.4 Å². The van der Waals surface area contributed by atoms with Gasteiger partial charge in [0.1, 0.15) is 0 Å². The third-order valence-corrected chi connectivity index (χ3v) is 0. The van der Waals surface area contributed by atoms with Gasteiger partial charge < -0.3 is 16.1 Å². The van der Waals surface area contributed by atoms with Crippen molar-refractivity contribution in [1.29, 1.82) is 0 Å². The van der Waals surface area contributed by atoms with Crippen molar-refractivity contribution in [2.24, 2.45) is 0 Å². The Bertz CT molecular complexity index is 72.8. The first-order chi connectivity index (χ1) is 3.00. The van der Waals surface area contributed by atoms with Gasteiger partial charge in [0.15, 0.2) is 0 Å². The summed E-state index contributed by atoms with van der Waals surface area (Å²) in [5.74, 6) is 0. The Morgan fingerprint density at radius 2 is 1.25 bits per heavy atom. The molecule has 0 fully saturated rings. The predicted molar refractivity (Wildman–Crippen MR) is 23.2 cm³/mol. The zero-order chi connectivity index (χ0) is 6.50. The molecular weight excluding hydrogens is 177 g/mol. The summed E-state index contributed by atoms with van der Waals surface area (Å²) >= 11 is 0.611. The van der Waals surface area contributed by atoms with Gasteiger partial charge in [-0.15, -0.1) is 0 Å². The van der Waals surface area contributed by atoms with E-state index in [1.54, 1.807) is 0 Å². The molecule has 0 aliphatic carbocycles. The first kappa shape index (κ1) is 16.6. The Morgan fingerprint density at radius 3 is 1.25 bits per heavy atom. The standard InChI is InChI=1S/Al.K.H3O4P.O.2H/c;;1-5(2,3)4;;;/h;;(H3,1,2,3,4);;;/q;+1;;;;-1. The van der Waals surface area contributed by atoms with Gasteiger partial charge in [-0.3, -0.25) is 0 Å². The number of hydrogen-bond donors (Lipinski definition) is 3. The van der Waals surface area contributed by atoms with Crippen molar-refractivity contribution in [3.8, 4) is 0 Å². The van der Waals surface area contributed by atoms with Crippen molar-refractivity contribution in [3.63, 3.8) is 0 Å². The molecule has 0 aliphatic rings. The van der Waals surface area contributed by atoms with Crippen LogP contribution in [0.4, 0.5) is 0 Å². The monoisotopic (exact) mass is 182 g/mol. The van der Waals surface area contributed by atoms with Crippen LogP contribution in [0.1, 0.15) is 1.43 Å². The molecule has 0 aromatic rings. The maximum absolute atomic E-state index is 8.88. The minimum atomic E-state index is -4.64. The average molecular weight is 182 g/mol. The molecule has 0 heterocycles. The molecule has 0 atom stereocenters. The van der Waals surface area contributed by atoms with Gasteiger partial charge in [0.05, 0.1) is 0 Å². The molecule has 0 rings (SSSR count). The summed E-state index contributed by atoms with van der Waals surface area (Å²) in [5, 5.41) is 0. The van der Waals surface area contributed by atoms with Crippen LogP contribution in [-0.2, 0) is 8.37 Å². The molecule has 44 valence electrons. The van der Waals surface area contributed by atoms with E-state index < -0.39 is 7.82 Å². The van der Waals surface area contributed by atoms with Crippen LogP contribution in [0.5, 0.6) is 0 Å². The van der Waals surface area contributed by atoms with Gasteiger partial charge in [-0.2, -0.15) is 0 Å². The molecule has 0 saturated heterocycles. The Labute approximate surface area is 98.3 Å². The molecule has 8 heavy (non-hydrogen) atoms. The molecule has 0 spiro atoms. The summed E-state index contributed by atoms with van der Waals surface area (Å²) in [6.45, 7) is 0. The van der Waals surface area contributed by atoms with Crippen molar-refractivity contribution in [1.82, 2.24) is 0 Å². The number of rotatable bonds is 0. The fourth-order valence-electron chi connectivity index (χ4n) is 0. The minimum absolute atomic E-state index is 0. The van der Waals surface area contributed by atoms with Gasteiger partial charge in [-0.25, -0.2) is 4.57 Å². The van der Waals surface area contributed by atoms with Gasteiger partial charge in [0, 0.05) is 0 Å². The molecule has 0 unspecified atom stereocenters. The molecule has 0 aromatic carbocycles. The molecule has 5 nitrogen and oxygen atoms in total. The van der Waals surface area contributed by atoms with E-state index in [4.69, 9.17) is 23.0 Å². The quantitative estimate of drug-likeness (QED) is 0.259. The second-order valence-electron chi connectivity index (χ2n) is 0.513. The Hall–Kier alpha value is 2.08. The summed E-state index contributed by atoms with van der Waals surface area (Å²) in [7, 11) is -4.64. The zero-order valence-corrected chi connectivity index (χ0v) is 9.74. The van der Waals surface area contributed by atoms with E-state index in [0.717, 1.165) is 0 Å². The van der Waals surface area contributed by atoms with Crippen molar-refractivity contribution in [3.05, 3.63) is 0 Å². The third-order valence-electron chi connectivity index (χ3n) is 0. The van der Waals surface area contributed by atoms with Gasteiger partial charge in [0.2, 0.25) is 0 Å². The van der Waals surface area contributed by atoms with E-state index in [2.05, 4.69) is 0 Å². The summed E-state index contributed by atoms with van der Waals surface area (Å²) in [4.78, 5) is 21.6.